The molecule has 0 spiro atoms. The van der Waals surface area contributed by atoms with Crippen molar-refractivity contribution >= 4 is 12.0 Å². The molecular formula is C15H28N2O3. The molecule has 0 aliphatic heterocycles. The highest BCUT2D eigenvalue weighted by atomic mass is 16.4. The molecule has 2 amide bonds. The summed E-state index contributed by atoms with van der Waals surface area (Å²) in [6.07, 6.45) is 6.08. The van der Waals surface area contributed by atoms with Crippen molar-refractivity contribution in [3.8, 4) is 0 Å². The zero-order valence-corrected chi connectivity index (χ0v) is 12.9. The lowest BCUT2D eigenvalue weighted by Gasteiger charge is -2.30. The molecule has 0 aromatic carbocycles. The Hall–Kier alpha value is -1.26. The Labute approximate surface area is 121 Å². The summed E-state index contributed by atoms with van der Waals surface area (Å²) in [6, 6.07) is -0.373. The summed E-state index contributed by atoms with van der Waals surface area (Å²) >= 11 is 0. The average molecular weight is 284 g/mol. The van der Waals surface area contributed by atoms with Gasteiger partial charge in [0.1, 0.15) is 6.54 Å². The van der Waals surface area contributed by atoms with Crippen molar-refractivity contribution in [3.05, 3.63) is 0 Å². The lowest BCUT2D eigenvalue weighted by atomic mass is 9.81. The maximum atomic E-state index is 12.0. The van der Waals surface area contributed by atoms with Gasteiger partial charge in [-0.1, -0.05) is 26.2 Å². The Morgan fingerprint density at radius 2 is 1.75 bits per heavy atom. The second-order valence-electron chi connectivity index (χ2n) is 6.10. The van der Waals surface area contributed by atoms with E-state index in [0.29, 0.717) is 12.5 Å². The molecule has 1 aliphatic carbocycles. The van der Waals surface area contributed by atoms with Gasteiger partial charge < -0.3 is 15.3 Å². The molecule has 1 rings (SSSR count). The number of hydrogen-bond acceptors (Lipinski definition) is 2. The minimum Gasteiger partial charge on any atom is -0.480 e. The van der Waals surface area contributed by atoms with E-state index in [1.54, 1.807) is 0 Å². The van der Waals surface area contributed by atoms with Crippen LogP contribution in [0.1, 0.15) is 52.9 Å². The van der Waals surface area contributed by atoms with Crippen LogP contribution in [0.3, 0.4) is 0 Å². The van der Waals surface area contributed by atoms with Crippen LogP contribution in [0.25, 0.3) is 0 Å². The lowest BCUT2D eigenvalue weighted by Crippen LogP contribution is -2.47. The third-order valence-corrected chi connectivity index (χ3v) is 4.28. The first kappa shape index (κ1) is 16.8. The summed E-state index contributed by atoms with van der Waals surface area (Å²) in [7, 11) is 0. The zero-order valence-electron chi connectivity index (χ0n) is 12.9. The van der Waals surface area contributed by atoms with Gasteiger partial charge in [0.05, 0.1) is 0 Å². The third kappa shape index (κ3) is 5.39. The predicted octanol–water partition coefficient (Wildman–Crippen LogP) is 2.71. The van der Waals surface area contributed by atoms with E-state index in [1.165, 1.54) is 37.0 Å². The molecular weight excluding hydrogens is 256 g/mol. The van der Waals surface area contributed by atoms with E-state index < -0.39 is 5.97 Å². The van der Waals surface area contributed by atoms with E-state index in [9.17, 15) is 9.59 Å². The summed E-state index contributed by atoms with van der Waals surface area (Å²) in [5, 5.41) is 11.7. The summed E-state index contributed by atoms with van der Waals surface area (Å²) in [6.45, 7) is 6.31. The van der Waals surface area contributed by atoms with Crippen LogP contribution in [0, 0.1) is 11.8 Å². The van der Waals surface area contributed by atoms with Crippen molar-refractivity contribution in [1.29, 1.82) is 0 Å². The molecule has 0 aromatic rings. The Morgan fingerprint density at radius 1 is 1.20 bits per heavy atom. The molecule has 20 heavy (non-hydrogen) atoms. The molecule has 116 valence electrons. The summed E-state index contributed by atoms with van der Waals surface area (Å²) in [4.78, 5) is 24.2. The monoisotopic (exact) mass is 284 g/mol. The van der Waals surface area contributed by atoms with Gasteiger partial charge in [0.2, 0.25) is 0 Å². The fourth-order valence-electron chi connectivity index (χ4n) is 2.81. The van der Waals surface area contributed by atoms with Crippen LogP contribution in [0.4, 0.5) is 4.79 Å². The van der Waals surface area contributed by atoms with E-state index in [-0.39, 0.29) is 18.6 Å². The average Bonchev–Trinajstić information content (AvgIpc) is 2.42. The molecule has 0 radical (unpaired) electrons. The zero-order chi connectivity index (χ0) is 15.1. The first-order valence-corrected chi connectivity index (χ1v) is 7.70. The van der Waals surface area contributed by atoms with Gasteiger partial charge in [0.15, 0.2) is 0 Å². The number of nitrogens with one attached hydrogen (secondary N) is 1. The summed E-state index contributed by atoms with van der Waals surface area (Å²) in [5.41, 5.74) is 0. The van der Waals surface area contributed by atoms with E-state index in [0.717, 1.165) is 5.92 Å². The van der Waals surface area contributed by atoms with Gasteiger partial charge in [-0.05, 0) is 38.5 Å². The molecule has 5 nitrogen and oxygen atoms in total. The molecule has 1 saturated carbocycles. The maximum absolute atomic E-state index is 12.0. The number of carbonyl (C=O) groups excluding carboxylic acids is 1. The highest BCUT2D eigenvalue weighted by Gasteiger charge is 2.23. The van der Waals surface area contributed by atoms with Crippen LogP contribution in [-0.2, 0) is 4.79 Å². The smallest absolute Gasteiger partial charge is 0.323 e. The molecule has 0 bridgehead atoms. The van der Waals surface area contributed by atoms with Crippen molar-refractivity contribution in [2.45, 2.75) is 58.9 Å². The molecule has 2 N–H and O–H groups in total. The van der Waals surface area contributed by atoms with E-state index in [2.05, 4.69) is 12.2 Å². The van der Waals surface area contributed by atoms with Crippen LogP contribution in [0.15, 0.2) is 0 Å². The largest absolute Gasteiger partial charge is 0.480 e. The first-order chi connectivity index (χ1) is 9.43. The number of aliphatic carboxylic acids is 1. The molecule has 0 saturated heterocycles. The number of rotatable bonds is 6. The Bertz CT molecular complexity index is 323. The highest BCUT2D eigenvalue weighted by Crippen LogP contribution is 2.30. The van der Waals surface area contributed by atoms with Crippen molar-refractivity contribution in [3.63, 3.8) is 0 Å². The van der Waals surface area contributed by atoms with Gasteiger partial charge in [-0.2, -0.15) is 0 Å². The van der Waals surface area contributed by atoms with Crippen LogP contribution in [0.2, 0.25) is 0 Å². The van der Waals surface area contributed by atoms with Crippen LogP contribution < -0.4 is 5.32 Å². The van der Waals surface area contributed by atoms with Gasteiger partial charge in [-0.15, -0.1) is 0 Å². The van der Waals surface area contributed by atoms with Gasteiger partial charge in [-0.25, -0.2) is 4.79 Å². The fourth-order valence-corrected chi connectivity index (χ4v) is 2.81. The van der Waals surface area contributed by atoms with Gasteiger partial charge in [0.25, 0.3) is 0 Å². The van der Waals surface area contributed by atoms with Crippen LogP contribution >= 0.6 is 0 Å². The third-order valence-electron chi connectivity index (χ3n) is 4.28. The van der Waals surface area contributed by atoms with Crippen LogP contribution in [-0.4, -0.2) is 41.1 Å². The summed E-state index contributed by atoms with van der Waals surface area (Å²) < 4.78 is 0. The van der Waals surface area contributed by atoms with Gasteiger partial charge in [0, 0.05) is 12.6 Å². The quantitative estimate of drug-likeness (QED) is 0.788. The highest BCUT2D eigenvalue weighted by molar-refractivity contribution is 5.80. The summed E-state index contributed by atoms with van der Waals surface area (Å²) in [5.74, 6) is 0.416. The van der Waals surface area contributed by atoms with Gasteiger partial charge >= 0.3 is 12.0 Å². The molecule has 0 atom stereocenters. The van der Waals surface area contributed by atoms with E-state index in [4.69, 9.17) is 5.11 Å². The Kier molecular flexibility index (Phi) is 6.82. The molecule has 1 fully saturated rings. The number of amides is 2. The van der Waals surface area contributed by atoms with Gasteiger partial charge in [-0.3, -0.25) is 4.79 Å². The Morgan fingerprint density at radius 3 is 2.20 bits per heavy atom. The normalized spacial score (nSPS) is 22.6. The maximum Gasteiger partial charge on any atom is 0.323 e. The van der Waals surface area contributed by atoms with Crippen molar-refractivity contribution in [2.24, 2.45) is 11.8 Å². The SMILES string of the molecule is CCC1CCC(CNC(=O)N(CC(=O)O)C(C)C)CC1. The van der Waals surface area contributed by atoms with Crippen molar-refractivity contribution in [1.82, 2.24) is 10.2 Å². The van der Waals surface area contributed by atoms with E-state index >= 15 is 0 Å². The minimum absolute atomic E-state index is 0.109. The molecule has 5 heteroatoms. The van der Waals surface area contributed by atoms with Crippen LogP contribution in [0.5, 0.6) is 0 Å². The lowest BCUT2D eigenvalue weighted by molar-refractivity contribution is -0.138. The second kappa shape index (κ2) is 8.12. The number of carbonyl (C=O) groups is 2. The molecule has 0 unspecified atom stereocenters. The first-order valence-electron chi connectivity index (χ1n) is 7.70. The van der Waals surface area contributed by atoms with Crippen molar-refractivity contribution in [2.75, 3.05) is 13.1 Å². The minimum atomic E-state index is -0.975. The van der Waals surface area contributed by atoms with Crippen molar-refractivity contribution < 1.29 is 14.7 Å². The number of carboxylic acids is 1. The number of nitrogens with zero attached hydrogens (tertiary/aromatic N) is 1. The number of urea groups is 1. The molecule has 0 aromatic heterocycles. The second-order valence-corrected chi connectivity index (χ2v) is 6.10. The standard InChI is InChI=1S/C15H28N2O3/c1-4-12-5-7-13(8-6-12)9-16-15(20)17(11(2)3)10-14(18)19/h11-13H,4-10H2,1-3H3,(H,16,20)(H,18,19). The molecule has 1 aliphatic rings. The van der Waals surface area contributed by atoms with E-state index in [1.807, 2.05) is 13.8 Å². The molecule has 0 heterocycles. The number of hydrogen-bond donors (Lipinski definition) is 2. The topological polar surface area (TPSA) is 69.6 Å². The fraction of sp³-hybridized carbons (Fsp3) is 0.867. The predicted molar refractivity (Wildman–Crippen MR) is 78.6 cm³/mol. The Balaban J connectivity index is 2.36. The number of carboxylic acid groups (broad SMARTS) is 1.